The molecule has 0 spiro atoms. The topological polar surface area (TPSA) is 77.4 Å². The average Bonchev–Trinajstić information content (AvgIpc) is 2.99. The van der Waals surface area contributed by atoms with Crippen molar-refractivity contribution in [3.05, 3.63) is 35.0 Å². The zero-order valence-corrected chi connectivity index (χ0v) is 15.2. The van der Waals surface area contributed by atoms with Crippen LogP contribution in [-0.4, -0.2) is 49.0 Å². The van der Waals surface area contributed by atoms with Gasteiger partial charge in [0.25, 0.3) is 0 Å². The molecule has 8 heteroatoms. The molecule has 7 nitrogen and oxygen atoms in total. The first-order valence-corrected chi connectivity index (χ1v) is 8.55. The van der Waals surface area contributed by atoms with Gasteiger partial charge in [-0.2, -0.15) is 0 Å². The third kappa shape index (κ3) is 2.86. The Bertz CT molecular complexity index is 802. The van der Waals surface area contributed by atoms with Gasteiger partial charge in [0.05, 0.1) is 44.4 Å². The fraction of sp³-hybridized carbons (Fsp3) is 0.353. The molecule has 0 bridgehead atoms. The Labute approximate surface area is 149 Å². The lowest BCUT2D eigenvalue weighted by Gasteiger charge is -2.33. The number of rotatable bonds is 4. The van der Waals surface area contributed by atoms with E-state index in [0.29, 0.717) is 33.7 Å². The number of hydrogen-bond donors (Lipinski definition) is 0. The highest BCUT2D eigenvalue weighted by molar-refractivity contribution is 8.15. The zero-order chi connectivity index (χ0) is 18.1. The second-order valence-corrected chi connectivity index (χ2v) is 6.40. The lowest BCUT2D eigenvalue weighted by Crippen LogP contribution is -2.39. The molecule has 0 saturated carbocycles. The van der Waals surface area contributed by atoms with Gasteiger partial charge in [-0.3, -0.25) is 9.69 Å². The molecule has 0 aromatic heterocycles. The van der Waals surface area contributed by atoms with Crippen LogP contribution in [0.5, 0.6) is 11.5 Å². The van der Waals surface area contributed by atoms with Crippen LogP contribution in [0.25, 0.3) is 0 Å². The Morgan fingerprint density at radius 3 is 2.60 bits per heavy atom. The van der Waals surface area contributed by atoms with Crippen LogP contribution in [-0.2, 0) is 14.3 Å². The van der Waals surface area contributed by atoms with Crippen molar-refractivity contribution in [3.63, 3.8) is 0 Å². The van der Waals surface area contributed by atoms with Crippen molar-refractivity contribution in [1.82, 2.24) is 4.90 Å². The molecule has 132 valence electrons. The largest absolute Gasteiger partial charge is 0.493 e. The smallest absolute Gasteiger partial charge is 0.338 e. The molecule has 3 rings (SSSR count). The van der Waals surface area contributed by atoms with E-state index in [1.807, 2.05) is 0 Å². The standard InChI is InChI=1S/C17H18N2O5S/c1-9-14(16(21)24-4)15(19-13(20)8-25-17(19)18-9)10-5-6-11(22-2)12(7-10)23-3/h5-7,15H,8H2,1-4H3. The molecule has 1 saturated heterocycles. The van der Waals surface area contributed by atoms with Gasteiger partial charge in [0.15, 0.2) is 16.7 Å². The Balaban J connectivity index is 2.17. The van der Waals surface area contributed by atoms with Gasteiger partial charge in [-0.1, -0.05) is 17.8 Å². The molecule has 2 aliphatic rings. The minimum absolute atomic E-state index is 0.0996. The molecule has 1 atom stereocenters. The number of benzene rings is 1. The van der Waals surface area contributed by atoms with E-state index in [1.165, 1.54) is 26.0 Å². The lowest BCUT2D eigenvalue weighted by molar-refractivity contribution is -0.137. The minimum Gasteiger partial charge on any atom is -0.493 e. The maximum absolute atomic E-state index is 12.4. The molecular formula is C17H18N2O5S. The Kier molecular flexibility index (Phi) is 4.71. The number of fused-ring (bicyclic) bond motifs is 1. The highest BCUT2D eigenvalue weighted by Crippen LogP contribution is 2.42. The number of amides is 1. The van der Waals surface area contributed by atoms with E-state index in [2.05, 4.69) is 4.99 Å². The van der Waals surface area contributed by atoms with E-state index < -0.39 is 12.0 Å². The SMILES string of the molecule is COC(=O)C1=C(C)N=C2SCC(=O)N2C1c1ccc(OC)c(OC)c1. The van der Waals surface area contributed by atoms with E-state index in [0.717, 1.165) is 5.56 Å². The third-order valence-electron chi connectivity index (χ3n) is 4.11. The number of carbonyl (C=O) groups is 2. The van der Waals surface area contributed by atoms with Crippen LogP contribution in [0.2, 0.25) is 0 Å². The van der Waals surface area contributed by atoms with Crippen LogP contribution in [0, 0.1) is 0 Å². The average molecular weight is 362 g/mol. The van der Waals surface area contributed by atoms with Crippen molar-refractivity contribution < 1.29 is 23.8 Å². The molecule has 0 N–H and O–H groups in total. The number of thioether (sulfide) groups is 1. The Morgan fingerprint density at radius 1 is 1.24 bits per heavy atom. The van der Waals surface area contributed by atoms with Crippen molar-refractivity contribution in [1.29, 1.82) is 0 Å². The summed E-state index contributed by atoms with van der Waals surface area (Å²) in [6.45, 7) is 1.74. The first kappa shape index (κ1) is 17.3. The summed E-state index contributed by atoms with van der Waals surface area (Å²) < 4.78 is 15.6. The summed E-state index contributed by atoms with van der Waals surface area (Å²) >= 11 is 1.36. The van der Waals surface area contributed by atoms with Gasteiger partial charge in [-0.15, -0.1) is 0 Å². The van der Waals surface area contributed by atoms with E-state index in [4.69, 9.17) is 14.2 Å². The molecular weight excluding hydrogens is 344 g/mol. The normalized spacial score (nSPS) is 19.5. The van der Waals surface area contributed by atoms with Crippen LogP contribution >= 0.6 is 11.8 Å². The van der Waals surface area contributed by atoms with Gasteiger partial charge >= 0.3 is 5.97 Å². The molecule has 1 amide bonds. The summed E-state index contributed by atoms with van der Waals surface area (Å²) in [6, 6.07) is 4.71. The summed E-state index contributed by atoms with van der Waals surface area (Å²) in [5.74, 6) is 0.774. The first-order valence-electron chi connectivity index (χ1n) is 7.56. The third-order valence-corrected chi connectivity index (χ3v) is 5.05. The number of nitrogens with zero attached hydrogens (tertiary/aromatic N) is 2. The monoisotopic (exact) mass is 362 g/mol. The van der Waals surface area contributed by atoms with Gasteiger partial charge in [0.1, 0.15) is 0 Å². The summed E-state index contributed by atoms with van der Waals surface area (Å²) in [6.07, 6.45) is 0. The summed E-state index contributed by atoms with van der Waals surface area (Å²) in [5, 5.41) is 0.593. The number of allylic oxidation sites excluding steroid dienone is 1. The molecule has 1 unspecified atom stereocenters. The van der Waals surface area contributed by atoms with Gasteiger partial charge in [0.2, 0.25) is 5.91 Å². The second kappa shape index (κ2) is 6.79. The molecule has 0 radical (unpaired) electrons. The summed E-state index contributed by atoms with van der Waals surface area (Å²) in [7, 11) is 4.40. The van der Waals surface area contributed by atoms with Crippen LogP contribution in [0.1, 0.15) is 18.5 Å². The number of carbonyl (C=O) groups excluding carboxylic acids is 2. The lowest BCUT2D eigenvalue weighted by atomic mass is 9.94. The number of esters is 1. The number of amidine groups is 1. The van der Waals surface area contributed by atoms with E-state index in [-0.39, 0.29) is 5.91 Å². The van der Waals surface area contributed by atoms with Crippen molar-refractivity contribution in [3.8, 4) is 11.5 Å². The fourth-order valence-electron chi connectivity index (χ4n) is 2.95. The molecule has 2 heterocycles. The molecule has 1 fully saturated rings. The zero-order valence-electron chi connectivity index (χ0n) is 14.4. The van der Waals surface area contributed by atoms with Gasteiger partial charge < -0.3 is 14.2 Å². The summed E-state index contributed by atoms with van der Waals surface area (Å²) in [5.41, 5.74) is 1.61. The van der Waals surface area contributed by atoms with Crippen molar-refractivity contribution in [2.45, 2.75) is 13.0 Å². The molecule has 1 aromatic rings. The van der Waals surface area contributed by atoms with Crippen molar-refractivity contribution >= 4 is 28.8 Å². The van der Waals surface area contributed by atoms with Gasteiger partial charge in [-0.25, -0.2) is 9.79 Å². The first-order chi connectivity index (χ1) is 12.0. The Hall–Kier alpha value is -2.48. The van der Waals surface area contributed by atoms with Crippen LogP contribution in [0.3, 0.4) is 0 Å². The van der Waals surface area contributed by atoms with E-state index >= 15 is 0 Å². The predicted octanol–water partition coefficient (Wildman–Crippen LogP) is 2.14. The van der Waals surface area contributed by atoms with Gasteiger partial charge in [-0.05, 0) is 24.6 Å². The highest BCUT2D eigenvalue weighted by Gasteiger charge is 2.43. The Morgan fingerprint density at radius 2 is 1.96 bits per heavy atom. The number of aliphatic imine (C=N–C) groups is 1. The van der Waals surface area contributed by atoms with Crippen LogP contribution in [0.15, 0.2) is 34.5 Å². The maximum atomic E-state index is 12.4. The predicted molar refractivity (Wildman–Crippen MR) is 93.7 cm³/mol. The summed E-state index contributed by atoms with van der Waals surface area (Å²) in [4.78, 5) is 30.8. The molecule has 25 heavy (non-hydrogen) atoms. The molecule has 2 aliphatic heterocycles. The molecule has 1 aromatic carbocycles. The molecule has 0 aliphatic carbocycles. The quantitative estimate of drug-likeness (QED) is 0.764. The van der Waals surface area contributed by atoms with Crippen molar-refractivity contribution in [2.24, 2.45) is 4.99 Å². The highest BCUT2D eigenvalue weighted by atomic mass is 32.2. The van der Waals surface area contributed by atoms with Crippen molar-refractivity contribution in [2.75, 3.05) is 27.1 Å². The fourth-order valence-corrected chi connectivity index (χ4v) is 3.89. The van der Waals surface area contributed by atoms with E-state index in [9.17, 15) is 9.59 Å². The van der Waals surface area contributed by atoms with Crippen LogP contribution < -0.4 is 9.47 Å². The number of ether oxygens (including phenoxy) is 3. The maximum Gasteiger partial charge on any atom is 0.338 e. The number of hydrogen-bond acceptors (Lipinski definition) is 7. The van der Waals surface area contributed by atoms with E-state index in [1.54, 1.807) is 37.1 Å². The number of methoxy groups -OCH3 is 3. The minimum atomic E-state index is -0.609. The van der Waals surface area contributed by atoms with Gasteiger partial charge in [0, 0.05) is 0 Å². The van der Waals surface area contributed by atoms with Crippen LogP contribution in [0.4, 0.5) is 0 Å². The second-order valence-electron chi connectivity index (χ2n) is 5.45.